The average molecular weight is 275 g/mol. The minimum atomic E-state index is 0.154. The summed E-state index contributed by atoms with van der Waals surface area (Å²) in [6, 6.07) is 9.89. The molecule has 1 aliphatic heterocycles. The van der Waals surface area contributed by atoms with Gasteiger partial charge in [0, 0.05) is 37.8 Å². The molecule has 1 aromatic rings. The first-order chi connectivity index (χ1) is 9.49. The van der Waals surface area contributed by atoms with Crippen molar-refractivity contribution in [3.63, 3.8) is 0 Å². The number of nitrogens with zero attached hydrogens (tertiary/aromatic N) is 2. The molecule has 20 heavy (non-hydrogen) atoms. The standard InChI is InChI=1S/C17H29N3/c1-13-7-5-6-8-16(13)17(18)9-10-20-11-14(2)19(4)15(3)12-20/h5-8,14-15,17H,9-12,18H2,1-4H3. The quantitative estimate of drug-likeness (QED) is 0.916. The molecule has 0 bridgehead atoms. The fourth-order valence-corrected chi connectivity index (χ4v) is 3.18. The number of rotatable bonds is 4. The molecule has 0 aliphatic carbocycles. The molecule has 2 rings (SSSR count). The van der Waals surface area contributed by atoms with Crippen LogP contribution < -0.4 is 5.73 Å². The van der Waals surface area contributed by atoms with Crippen LogP contribution in [0.1, 0.15) is 37.4 Å². The molecular weight excluding hydrogens is 246 g/mol. The van der Waals surface area contributed by atoms with Crippen molar-refractivity contribution < 1.29 is 0 Å². The number of piperazine rings is 1. The molecule has 112 valence electrons. The van der Waals surface area contributed by atoms with Gasteiger partial charge < -0.3 is 10.6 Å². The fourth-order valence-electron chi connectivity index (χ4n) is 3.18. The topological polar surface area (TPSA) is 32.5 Å². The van der Waals surface area contributed by atoms with E-state index in [9.17, 15) is 0 Å². The number of nitrogens with two attached hydrogens (primary N) is 1. The van der Waals surface area contributed by atoms with Gasteiger partial charge in [-0.1, -0.05) is 24.3 Å². The molecule has 0 amide bonds. The average Bonchev–Trinajstić information content (AvgIpc) is 2.42. The van der Waals surface area contributed by atoms with Crippen LogP contribution >= 0.6 is 0 Å². The van der Waals surface area contributed by atoms with Gasteiger partial charge in [0.1, 0.15) is 0 Å². The van der Waals surface area contributed by atoms with E-state index in [4.69, 9.17) is 5.73 Å². The van der Waals surface area contributed by atoms with Gasteiger partial charge in [0.05, 0.1) is 0 Å². The van der Waals surface area contributed by atoms with E-state index in [1.54, 1.807) is 0 Å². The van der Waals surface area contributed by atoms with E-state index in [2.05, 4.69) is 61.9 Å². The summed E-state index contributed by atoms with van der Waals surface area (Å²) >= 11 is 0. The lowest BCUT2D eigenvalue weighted by atomic mass is 9.99. The maximum Gasteiger partial charge on any atom is 0.0309 e. The highest BCUT2D eigenvalue weighted by molar-refractivity contribution is 5.28. The van der Waals surface area contributed by atoms with Crippen molar-refractivity contribution in [2.75, 3.05) is 26.7 Å². The second-order valence-corrected chi connectivity index (χ2v) is 6.37. The molecule has 1 aliphatic rings. The van der Waals surface area contributed by atoms with Gasteiger partial charge in [-0.25, -0.2) is 0 Å². The summed E-state index contributed by atoms with van der Waals surface area (Å²) in [5.74, 6) is 0. The zero-order valence-corrected chi connectivity index (χ0v) is 13.3. The molecule has 0 aromatic heterocycles. The third-order valence-corrected chi connectivity index (χ3v) is 4.78. The molecule has 1 fully saturated rings. The van der Waals surface area contributed by atoms with Gasteiger partial charge in [-0.15, -0.1) is 0 Å². The van der Waals surface area contributed by atoms with Crippen molar-refractivity contribution in [1.29, 1.82) is 0 Å². The molecule has 3 nitrogen and oxygen atoms in total. The Bertz CT molecular complexity index is 420. The predicted octanol–water partition coefficient (Wildman–Crippen LogP) is 2.41. The lowest BCUT2D eigenvalue weighted by molar-refractivity contribution is 0.0584. The summed E-state index contributed by atoms with van der Waals surface area (Å²) in [5, 5.41) is 0. The molecule has 0 saturated carbocycles. The molecule has 1 heterocycles. The maximum atomic E-state index is 6.37. The Morgan fingerprint density at radius 3 is 2.40 bits per heavy atom. The van der Waals surface area contributed by atoms with Crippen LogP contribution in [0.25, 0.3) is 0 Å². The first-order valence-corrected chi connectivity index (χ1v) is 7.74. The number of likely N-dealkylation sites (N-methyl/N-ethyl adjacent to an activating group) is 1. The number of benzene rings is 1. The van der Waals surface area contributed by atoms with Crippen molar-refractivity contribution in [2.45, 2.75) is 45.3 Å². The predicted molar refractivity (Wildman–Crippen MR) is 85.9 cm³/mol. The van der Waals surface area contributed by atoms with Gasteiger partial charge in [-0.3, -0.25) is 4.90 Å². The smallest absolute Gasteiger partial charge is 0.0309 e. The van der Waals surface area contributed by atoms with Crippen LogP contribution in [-0.4, -0.2) is 48.6 Å². The summed E-state index contributed by atoms with van der Waals surface area (Å²) in [6.45, 7) is 10.2. The third kappa shape index (κ3) is 3.60. The second-order valence-electron chi connectivity index (χ2n) is 6.37. The van der Waals surface area contributed by atoms with Crippen molar-refractivity contribution in [1.82, 2.24) is 9.80 Å². The van der Waals surface area contributed by atoms with Crippen molar-refractivity contribution in [2.24, 2.45) is 5.73 Å². The van der Waals surface area contributed by atoms with Crippen molar-refractivity contribution in [3.8, 4) is 0 Å². The Kier molecular flexibility index (Phi) is 5.19. The van der Waals surface area contributed by atoms with Gasteiger partial charge in [0.2, 0.25) is 0 Å². The van der Waals surface area contributed by atoms with Crippen LogP contribution in [0.4, 0.5) is 0 Å². The van der Waals surface area contributed by atoms with Gasteiger partial charge in [0.25, 0.3) is 0 Å². The summed E-state index contributed by atoms with van der Waals surface area (Å²) < 4.78 is 0. The summed E-state index contributed by atoms with van der Waals surface area (Å²) in [4.78, 5) is 5.03. The normalized spacial score (nSPS) is 26.6. The summed E-state index contributed by atoms with van der Waals surface area (Å²) in [5.41, 5.74) is 8.97. The Hall–Kier alpha value is -0.900. The zero-order chi connectivity index (χ0) is 14.7. The number of hydrogen-bond donors (Lipinski definition) is 1. The van der Waals surface area contributed by atoms with Crippen LogP contribution in [0.3, 0.4) is 0 Å². The molecule has 3 atom stereocenters. The van der Waals surface area contributed by atoms with Crippen LogP contribution in [-0.2, 0) is 0 Å². The number of aryl methyl sites for hydroxylation is 1. The van der Waals surface area contributed by atoms with Gasteiger partial charge in [-0.05, 0) is 45.4 Å². The monoisotopic (exact) mass is 275 g/mol. The van der Waals surface area contributed by atoms with Gasteiger partial charge >= 0.3 is 0 Å². The fraction of sp³-hybridized carbons (Fsp3) is 0.647. The van der Waals surface area contributed by atoms with Crippen molar-refractivity contribution in [3.05, 3.63) is 35.4 Å². The van der Waals surface area contributed by atoms with Crippen molar-refractivity contribution >= 4 is 0 Å². The zero-order valence-electron chi connectivity index (χ0n) is 13.3. The molecule has 1 aromatic carbocycles. The van der Waals surface area contributed by atoms with Crippen LogP contribution in [0.2, 0.25) is 0 Å². The minimum absolute atomic E-state index is 0.154. The van der Waals surface area contributed by atoms with E-state index in [1.807, 2.05) is 0 Å². The van der Waals surface area contributed by atoms with E-state index < -0.39 is 0 Å². The molecule has 3 unspecified atom stereocenters. The first kappa shape index (κ1) is 15.5. The minimum Gasteiger partial charge on any atom is -0.324 e. The summed E-state index contributed by atoms with van der Waals surface area (Å²) in [7, 11) is 2.23. The highest BCUT2D eigenvalue weighted by atomic mass is 15.3. The van der Waals surface area contributed by atoms with Crippen LogP contribution in [0.5, 0.6) is 0 Å². The maximum absolute atomic E-state index is 6.37. The van der Waals surface area contributed by atoms with Gasteiger partial charge in [-0.2, -0.15) is 0 Å². The van der Waals surface area contributed by atoms with E-state index in [1.165, 1.54) is 11.1 Å². The first-order valence-electron chi connectivity index (χ1n) is 7.74. The molecular formula is C17H29N3. The SMILES string of the molecule is Cc1ccccc1C(N)CCN1CC(C)N(C)C(C)C1. The molecule has 0 spiro atoms. The highest BCUT2D eigenvalue weighted by Gasteiger charge is 2.26. The van der Waals surface area contributed by atoms with E-state index in [0.29, 0.717) is 12.1 Å². The Balaban J connectivity index is 1.88. The molecule has 1 saturated heterocycles. The Morgan fingerprint density at radius 2 is 1.80 bits per heavy atom. The lowest BCUT2D eigenvalue weighted by Crippen LogP contribution is -2.55. The van der Waals surface area contributed by atoms with Gasteiger partial charge in [0.15, 0.2) is 0 Å². The Morgan fingerprint density at radius 1 is 1.20 bits per heavy atom. The van der Waals surface area contributed by atoms with Crippen LogP contribution in [0.15, 0.2) is 24.3 Å². The third-order valence-electron chi connectivity index (χ3n) is 4.78. The van der Waals surface area contributed by atoms with Crippen LogP contribution in [0, 0.1) is 6.92 Å². The largest absolute Gasteiger partial charge is 0.324 e. The van der Waals surface area contributed by atoms with E-state index >= 15 is 0 Å². The molecule has 0 radical (unpaired) electrons. The van der Waals surface area contributed by atoms with E-state index in [-0.39, 0.29) is 6.04 Å². The molecule has 3 heteroatoms. The number of hydrogen-bond acceptors (Lipinski definition) is 3. The summed E-state index contributed by atoms with van der Waals surface area (Å²) in [6.07, 6.45) is 1.04. The Labute approximate surface area is 123 Å². The lowest BCUT2D eigenvalue weighted by Gasteiger charge is -2.42. The molecule has 2 N–H and O–H groups in total. The van der Waals surface area contributed by atoms with E-state index in [0.717, 1.165) is 26.1 Å². The highest BCUT2D eigenvalue weighted by Crippen LogP contribution is 2.20. The second kappa shape index (κ2) is 6.70.